The molecule has 8 nitrogen and oxygen atoms in total. The predicted octanol–water partition coefficient (Wildman–Crippen LogP) is 3.96. The van der Waals surface area contributed by atoms with E-state index in [1.807, 2.05) is 29.2 Å². The lowest BCUT2D eigenvalue weighted by atomic mass is 10.0. The van der Waals surface area contributed by atoms with Crippen LogP contribution in [0.2, 0.25) is 0 Å². The van der Waals surface area contributed by atoms with E-state index < -0.39 is 0 Å². The van der Waals surface area contributed by atoms with Crippen LogP contribution >= 0.6 is 0 Å². The molecule has 0 spiro atoms. The molecule has 2 amide bonds. The molecule has 0 aliphatic heterocycles. The van der Waals surface area contributed by atoms with Crippen LogP contribution in [-0.4, -0.2) is 120 Å². The SMILES string of the molecule is C=C(CCC)c1ccc(C(=O)N(CCOCCOCCCCOCCN(C)C(C)=O)CC[N+](C)(C)C)cc1. The van der Waals surface area contributed by atoms with Gasteiger partial charge in [0.25, 0.3) is 5.91 Å². The Balaban J connectivity index is 2.32. The zero-order valence-corrected chi connectivity index (χ0v) is 24.8. The quantitative estimate of drug-likeness (QED) is 0.176. The highest BCUT2D eigenvalue weighted by atomic mass is 16.5. The third-order valence-corrected chi connectivity index (χ3v) is 6.23. The fourth-order valence-corrected chi connectivity index (χ4v) is 3.58. The number of amides is 2. The van der Waals surface area contributed by atoms with Crippen molar-refractivity contribution >= 4 is 17.4 Å². The second-order valence-corrected chi connectivity index (χ2v) is 10.7. The minimum Gasteiger partial charge on any atom is -0.380 e. The number of ether oxygens (including phenoxy) is 3. The summed E-state index contributed by atoms with van der Waals surface area (Å²) in [6.07, 6.45) is 3.85. The van der Waals surface area contributed by atoms with Crippen LogP contribution in [0.15, 0.2) is 30.8 Å². The summed E-state index contributed by atoms with van der Waals surface area (Å²) in [7, 11) is 8.16. The topological polar surface area (TPSA) is 68.3 Å². The molecule has 0 bridgehead atoms. The molecule has 0 heterocycles. The normalized spacial score (nSPS) is 11.4. The van der Waals surface area contributed by atoms with E-state index in [-0.39, 0.29) is 11.8 Å². The maximum atomic E-state index is 13.3. The molecule has 1 aromatic carbocycles. The highest BCUT2D eigenvalue weighted by Gasteiger charge is 2.19. The average molecular weight is 535 g/mol. The van der Waals surface area contributed by atoms with E-state index in [4.69, 9.17) is 14.2 Å². The largest absolute Gasteiger partial charge is 0.380 e. The lowest BCUT2D eigenvalue weighted by molar-refractivity contribution is -0.869. The first-order chi connectivity index (χ1) is 18.0. The fourth-order valence-electron chi connectivity index (χ4n) is 3.58. The van der Waals surface area contributed by atoms with Gasteiger partial charge in [-0.3, -0.25) is 9.59 Å². The Hall–Kier alpha value is -2.26. The minimum atomic E-state index is 0.0288. The number of rotatable bonds is 21. The van der Waals surface area contributed by atoms with Crippen molar-refractivity contribution in [1.82, 2.24) is 9.80 Å². The van der Waals surface area contributed by atoms with E-state index in [0.717, 1.165) is 47.8 Å². The number of carbonyl (C=O) groups is 2. The summed E-state index contributed by atoms with van der Waals surface area (Å²) >= 11 is 0. The van der Waals surface area contributed by atoms with Crippen molar-refractivity contribution in [3.63, 3.8) is 0 Å². The van der Waals surface area contributed by atoms with E-state index >= 15 is 0 Å². The van der Waals surface area contributed by atoms with Crippen LogP contribution in [0, 0.1) is 0 Å². The van der Waals surface area contributed by atoms with Gasteiger partial charge in [0.05, 0.1) is 60.7 Å². The Kier molecular flexibility index (Phi) is 16.8. The summed E-state index contributed by atoms with van der Waals surface area (Å²) in [5.41, 5.74) is 2.89. The molecule has 1 aromatic rings. The summed E-state index contributed by atoms with van der Waals surface area (Å²) in [6.45, 7) is 13.9. The molecular weight excluding hydrogens is 482 g/mol. The van der Waals surface area contributed by atoms with Gasteiger partial charge in [-0.1, -0.05) is 32.1 Å². The van der Waals surface area contributed by atoms with Crippen LogP contribution in [0.1, 0.15) is 55.5 Å². The highest BCUT2D eigenvalue weighted by Crippen LogP contribution is 2.19. The van der Waals surface area contributed by atoms with Gasteiger partial charge in [0.15, 0.2) is 0 Å². The Morgan fingerprint density at radius 3 is 1.89 bits per heavy atom. The zero-order chi connectivity index (χ0) is 28.4. The fraction of sp³-hybridized carbons (Fsp3) is 0.667. The van der Waals surface area contributed by atoms with Gasteiger partial charge in [-0.05, 0) is 42.5 Å². The number of nitrogens with zero attached hydrogens (tertiary/aromatic N) is 3. The third kappa shape index (κ3) is 15.2. The van der Waals surface area contributed by atoms with Gasteiger partial charge < -0.3 is 28.5 Å². The number of carbonyl (C=O) groups excluding carboxylic acids is 2. The van der Waals surface area contributed by atoms with Crippen LogP contribution in [-0.2, 0) is 19.0 Å². The Bertz CT molecular complexity index is 820. The first-order valence-electron chi connectivity index (χ1n) is 13.9. The first kappa shape index (κ1) is 33.8. The number of hydrogen-bond acceptors (Lipinski definition) is 5. The Labute approximate surface area is 231 Å². The standard InChI is InChI=1S/C30H52N3O5/c1-8-11-26(2)28-12-14-29(15-13-28)30(35)32(16-19-33(5,6)7)18-23-38-25-24-37-21-10-9-20-36-22-17-31(4)27(3)34/h12-15H,2,8-11,16-25H2,1,3-7H3/q+1. The number of quaternary nitrogens is 1. The van der Waals surface area contributed by atoms with E-state index in [0.29, 0.717) is 64.8 Å². The van der Waals surface area contributed by atoms with Gasteiger partial charge in [-0.15, -0.1) is 0 Å². The summed E-state index contributed by atoms with van der Waals surface area (Å²) in [6, 6.07) is 7.80. The highest BCUT2D eigenvalue weighted by molar-refractivity contribution is 5.94. The predicted molar refractivity (Wildman–Crippen MR) is 154 cm³/mol. The van der Waals surface area contributed by atoms with Crippen LogP contribution in [0.3, 0.4) is 0 Å². The van der Waals surface area contributed by atoms with E-state index in [1.165, 1.54) is 0 Å². The van der Waals surface area contributed by atoms with Gasteiger partial charge in [-0.25, -0.2) is 0 Å². The minimum absolute atomic E-state index is 0.0288. The molecule has 0 radical (unpaired) electrons. The molecule has 0 saturated carbocycles. The van der Waals surface area contributed by atoms with Crippen molar-refractivity contribution in [2.45, 2.75) is 39.5 Å². The van der Waals surface area contributed by atoms with Gasteiger partial charge in [0, 0.05) is 45.8 Å². The van der Waals surface area contributed by atoms with Crippen LogP contribution in [0.4, 0.5) is 0 Å². The molecule has 0 aliphatic rings. The van der Waals surface area contributed by atoms with E-state index in [1.54, 1.807) is 18.9 Å². The van der Waals surface area contributed by atoms with Crippen molar-refractivity contribution in [3.8, 4) is 0 Å². The van der Waals surface area contributed by atoms with Crippen LogP contribution in [0.5, 0.6) is 0 Å². The van der Waals surface area contributed by atoms with Crippen molar-refractivity contribution in [1.29, 1.82) is 0 Å². The molecule has 38 heavy (non-hydrogen) atoms. The molecule has 0 aliphatic carbocycles. The van der Waals surface area contributed by atoms with Crippen molar-refractivity contribution in [3.05, 3.63) is 42.0 Å². The maximum Gasteiger partial charge on any atom is 0.254 e. The molecule has 1 rings (SSSR count). The molecule has 0 fully saturated rings. The van der Waals surface area contributed by atoms with E-state index in [9.17, 15) is 9.59 Å². The first-order valence-corrected chi connectivity index (χ1v) is 13.9. The molecule has 0 saturated heterocycles. The molecule has 0 aromatic heterocycles. The van der Waals surface area contributed by atoms with E-state index in [2.05, 4.69) is 34.6 Å². The summed E-state index contributed by atoms with van der Waals surface area (Å²) in [5.74, 6) is 0.0770. The maximum absolute atomic E-state index is 13.3. The smallest absolute Gasteiger partial charge is 0.254 e. The molecule has 8 heteroatoms. The Morgan fingerprint density at radius 1 is 0.816 bits per heavy atom. The number of likely N-dealkylation sites (N-methyl/N-ethyl adjacent to an activating group) is 2. The number of benzene rings is 1. The van der Waals surface area contributed by atoms with Gasteiger partial charge in [0.2, 0.25) is 5.91 Å². The molecule has 0 atom stereocenters. The van der Waals surface area contributed by atoms with Crippen LogP contribution < -0.4 is 0 Å². The number of hydrogen-bond donors (Lipinski definition) is 0. The molecule has 216 valence electrons. The van der Waals surface area contributed by atoms with Crippen molar-refractivity contribution < 1.29 is 28.3 Å². The molecule has 0 unspecified atom stereocenters. The molecular formula is C30H52N3O5+. The zero-order valence-electron chi connectivity index (χ0n) is 24.8. The lowest BCUT2D eigenvalue weighted by Crippen LogP contribution is -2.45. The van der Waals surface area contributed by atoms with Gasteiger partial charge >= 0.3 is 0 Å². The molecule has 0 N–H and O–H groups in total. The van der Waals surface area contributed by atoms with Crippen molar-refractivity contribution in [2.24, 2.45) is 0 Å². The third-order valence-electron chi connectivity index (χ3n) is 6.23. The monoisotopic (exact) mass is 534 g/mol. The van der Waals surface area contributed by atoms with Crippen LogP contribution in [0.25, 0.3) is 5.57 Å². The summed E-state index contributed by atoms with van der Waals surface area (Å²) in [4.78, 5) is 27.9. The summed E-state index contributed by atoms with van der Waals surface area (Å²) < 4.78 is 17.7. The van der Waals surface area contributed by atoms with Crippen molar-refractivity contribution in [2.75, 3.05) is 94.0 Å². The van der Waals surface area contributed by atoms with Gasteiger partial charge in [-0.2, -0.15) is 0 Å². The lowest BCUT2D eigenvalue weighted by Gasteiger charge is -2.29. The second kappa shape index (κ2) is 18.9. The summed E-state index contributed by atoms with van der Waals surface area (Å²) in [5, 5.41) is 0. The Morgan fingerprint density at radius 2 is 1.34 bits per heavy atom. The average Bonchev–Trinajstić information content (AvgIpc) is 2.87. The second-order valence-electron chi connectivity index (χ2n) is 10.7. The number of unbranched alkanes of at least 4 members (excludes halogenated alkanes) is 1. The van der Waals surface area contributed by atoms with Gasteiger partial charge in [0.1, 0.15) is 0 Å². The number of allylic oxidation sites excluding steroid dienone is 1.